The van der Waals surface area contributed by atoms with Crippen molar-refractivity contribution in [2.45, 2.75) is 0 Å². The van der Waals surface area contributed by atoms with Gasteiger partial charge in [0.05, 0.1) is 0 Å². The maximum absolute atomic E-state index is 10.8. The summed E-state index contributed by atoms with van der Waals surface area (Å²) >= 11 is 5.28. The number of carbonyl (C=O) groups is 1. The second-order valence-corrected chi connectivity index (χ2v) is 8.11. The molecule has 0 saturated carbocycles. The first kappa shape index (κ1) is 11.1. The molecule has 0 aliphatic heterocycles. The van der Waals surface area contributed by atoms with Crippen LogP contribution in [0.2, 0.25) is 0 Å². The molecule has 1 aromatic carbocycles. The zero-order chi connectivity index (χ0) is 10.7. The van der Waals surface area contributed by atoms with Gasteiger partial charge in [-0.25, -0.2) is 0 Å². The normalized spacial score (nSPS) is 10.2. The van der Waals surface area contributed by atoms with Crippen LogP contribution in [0.1, 0.15) is 10.4 Å². The van der Waals surface area contributed by atoms with Gasteiger partial charge in [-0.1, -0.05) is 0 Å². The van der Waals surface area contributed by atoms with Gasteiger partial charge in [0.2, 0.25) is 0 Å². The van der Waals surface area contributed by atoms with Gasteiger partial charge in [0.15, 0.2) is 0 Å². The predicted octanol–water partition coefficient (Wildman–Crippen LogP) is 1.98. The summed E-state index contributed by atoms with van der Waals surface area (Å²) in [4.78, 5) is 10.8. The number of rotatable bonds is 3. The van der Waals surface area contributed by atoms with Crippen molar-refractivity contribution in [3.63, 3.8) is 0 Å². The third-order valence-electron chi connectivity index (χ3n) is 1.78. The summed E-state index contributed by atoms with van der Waals surface area (Å²) in [7, 11) is 0. The van der Waals surface area contributed by atoms with Crippen LogP contribution >= 0.6 is 27.3 Å². The van der Waals surface area contributed by atoms with E-state index in [4.69, 9.17) is 0 Å². The Kier molecular flexibility index (Phi) is 3.76. The average Bonchev–Trinajstić information content (AvgIpc) is 2.60. The van der Waals surface area contributed by atoms with Gasteiger partial charge < -0.3 is 0 Å². The molecular weight excluding hydrogens is 339 g/mol. The Balaban J connectivity index is 2.28. The quantitative estimate of drug-likeness (QED) is 0.614. The molecule has 0 radical (unpaired) electrons. The Labute approximate surface area is 107 Å². The van der Waals surface area contributed by atoms with Gasteiger partial charge in [-0.2, -0.15) is 0 Å². The molecule has 0 saturated heterocycles. The molecule has 1 heterocycles. The van der Waals surface area contributed by atoms with Crippen LogP contribution in [-0.2, 0) is 0 Å². The van der Waals surface area contributed by atoms with Crippen molar-refractivity contribution in [1.29, 1.82) is 0 Å². The third-order valence-corrected chi connectivity index (χ3v) is 6.13. The fourth-order valence-electron chi connectivity index (χ4n) is 1.12. The number of carbonyl (C=O) groups excluding carboxylic acids is 1. The minimum absolute atomic E-state index is 0.230. The molecule has 0 spiro atoms. The van der Waals surface area contributed by atoms with E-state index in [0.717, 1.165) is 15.6 Å². The van der Waals surface area contributed by atoms with Gasteiger partial charge in [-0.05, 0) is 0 Å². The molecule has 0 fully saturated rings. The maximum atomic E-state index is 10.8. The van der Waals surface area contributed by atoms with E-state index in [9.17, 15) is 4.79 Å². The Bertz CT molecular complexity index is 467. The Morgan fingerprint density at radius 2 is 2.00 bits per heavy atom. The Hall–Kier alpha value is -0.411. The molecule has 1 nitrogen and oxygen atoms in total. The number of benzene rings is 1. The van der Waals surface area contributed by atoms with Crippen LogP contribution in [0.4, 0.5) is 0 Å². The monoisotopic (exact) mass is 346 g/mol. The van der Waals surface area contributed by atoms with Gasteiger partial charge in [0, 0.05) is 0 Å². The van der Waals surface area contributed by atoms with Gasteiger partial charge in [-0.3, -0.25) is 0 Å². The summed E-state index contributed by atoms with van der Waals surface area (Å²) in [5.41, 5.74) is 0.815. The van der Waals surface area contributed by atoms with Gasteiger partial charge in [0.25, 0.3) is 0 Å². The van der Waals surface area contributed by atoms with Crippen LogP contribution < -0.4 is 8.24 Å². The molecule has 1 aromatic heterocycles. The van der Waals surface area contributed by atoms with Crippen molar-refractivity contribution in [2.24, 2.45) is 0 Å². The molecule has 15 heavy (non-hydrogen) atoms. The average molecular weight is 346 g/mol. The number of halogens is 1. The van der Waals surface area contributed by atoms with Crippen LogP contribution in [0.15, 0.2) is 40.2 Å². The van der Waals surface area contributed by atoms with Gasteiger partial charge >= 0.3 is 107 Å². The second-order valence-electron chi connectivity index (χ2n) is 2.83. The van der Waals surface area contributed by atoms with E-state index in [2.05, 4.69) is 28.1 Å². The molecule has 0 aliphatic carbocycles. The van der Waals surface area contributed by atoms with Crippen molar-refractivity contribution in [1.82, 2.24) is 0 Å². The van der Waals surface area contributed by atoms with Crippen LogP contribution in [-0.4, -0.2) is 21.2 Å². The first-order valence-electron chi connectivity index (χ1n) is 4.27. The van der Waals surface area contributed by atoms with Crippen LogP contribution in [0.25, 0.3) is 0 Å². The van der Waals surface area contributed by atoms with Gasteiger partial charge in [-0.15, -0.1) is 0 Å². The third kappa shape index (κ3) is 2.79. The van der Waals surface area contributed by atoms with E-state index in [1.165, 1.54) is 8.24 Å². The van der Waals surface area contributed by atoms with Crippen LogP contribution in [0.3, 0.4) is 0 Å². The van der Waals surface area contributed by atoms with Crippen LogP contribution in [0, 0.1) is 0 Å². The Morgan fingerprint density at radius 3 is 2.67 bits per heavy atom. The molecule has 76 valence electrons. The summed E-state index contributed by atoms with van der Waals surface area (Å²) in [6.45, 7) is 0. The van der Waals surface area contributed by atoms with E-state index in [0.29, 0.717) is 0 Å². The van der Waals surface area contributed by atoms with E-state index in [1.807, 2.05) is 24.3 Å². The second kappa shape index (κ2) is 5.08. The molecule has 0 aliphatic rings. The summed E-state index contributed by atoms with van der Waals surface area (Å²) in [5, 5.41) is 0. The van der Waals surface area contributed by atoms with E-state index in [-0.39, 0.29) is 15.0 Å². The molecule has 0 unspecified atom stereocenters. The molecule has 4 heteroatoms. The molecule has 0 bridgehead atoms. The van der Waals surface area contributed by atoms with Crippen molar-refractivity contribution in [3.05, 3.63) is 45.7 Å². The first-order chi connectivity index (χ1) is 7.29. The number of hydrogen-bond donors (Lipinski definition) is 0. The zero-order valence-electron chi connectivity index (χ0n) is 7.64. The van der Waals surface area contributed by atoms with Crippen LogP contribution in [0.5, 0.6) is 0 Å². The molecular formula is C11H7BrOSSe. The summed E-state index contributed by atoms with van der Waals surface area (Å²) in [6.07, 6.45) is 0.932. The van der Waals surface area contributed by atoms with Crippen molar-refractivity contribution >= 4 is 56.7 Å². The van der Waals surface area contributed by atoms with E-state index >= 15 is 0 Å². The molecule has 0 atom stereocenters. The first-order valence-corrected chi connectivity index (χ1v) is 7.59. The van der Waals surface area contributed by atoms with E-state index < -0.39 is 0 Å². The summed E-state index contributed by atoms with van der Waals surface area (Å²) in [6, 6.07) is 12.1. The molecule has 2 rings (SSSR count). The molecule has 2 aromatic rings. The fraction of sp³-hybridized carbons (Fsp3) is 0. The van der Waals surface area contributed by atoms with Crippen molar-refractivity contribution < 1.29 is 4.79 Å². The Morgan fingerprint density at radius 1 is 1.27 bits per heavy atom. The SMILES string of the molecule is O=Cc1cc(Br)sc1[Se]c1ccccc1. The number of thiophene rings is 1. The number of aldehydes is 1. The van der Waals surface area contributed by atoms with Crippen molar-refractivity contribution in [3.8, 4) is 0 Å². The molecule has 0 amide bonds. The summed E-state index contributed by atoms with van der Waals surface area (Å²) in [5.74, 6) is 0. The van der Waals surface area contributed by atoms with Gasteiger partial charge in [0.1, 0.15) is 0 Å². The topological polar surface area (TPSA) is 17.1 Å². The zero-order valence-corrected chi connectivity index (χ0v) is 11.8. The minimum atomic E-state index is 0.230. The van der Waals surface area contributed by atoms with Crippen molar-refractivity contribution in [2.75, 3.05) is 0 Å². The standard InChI is InChI=1S/C11H7BrOSSe/c12-10-6-8(7-13)11(14-10)15-9-4-2-1-3-5-9/h1-7H. The predicted molar refractivity (Wildman–Crippen MR) is 68.9 cm³/mol. The van der Waals surface area contributed by atoms with E-state index in [1.54, 1.807) is 11.3 Å². The summed E-state index contributed by atoms with van der Waals surface area (Å²) < 4.78 is 3.50. The fourth-order valence-corrected chi connectivity index (χ4v) is 6.06. The number of hydrogen-bond acceptors (Lipinski definition) is 2. The molecule has 0 N–H and O–H groups in total.